The number of benzene rings is 1. The zero-order valence-corrected chi connectivity index (χ0v) is 19.7. The minimum Gasteiger partial charge on any atom is -0.459 e. The van der Waals surface area contributed by atoms with Crippen molar-refractivity contribution in [2.45, 2.75) is 20.4 Å². The molecule has 0 N–H and O–H groups in total. The average molecular weight is 485 g/mol. The molecule has 1 saturated heterocycles. The number of hydrogen-bond acceptors (Lipinski definition) is 6. The van der Waals surface area contributed by atoms with E-state index in [1.165, 1.54) is 6.26 Å². The second kappa shape index (κ2) is 10.1. The first-order chi connectivity index (χ1) is 16.3. The van der Waals surface area contributed by atoms with Crippen LogP contribution in [0.25, 0.3) is 0 Å². The van der Waals surface area contributed by atoms with Crippen LogP contribution in [-0.2, 0) is 16.1 Å². The summed E-state index contributed by atoms with van der Waals surface area (Å²) in [5.41, 5.74) is 2.38. The van der Waals surface area contributed by atoms with E-state index in [0.717, 1.165) is 5.56 Å². The van der Waals surface area contributed by atoms with Crippen LogP contribution in [0.5, 0.6) is 0 Å². The Bertz CT molecular complexity index is 1200. The third-order valence-electron chi connectivity index (χ3n) is 5.84. The van der Waals surface area contributed by atoms with E-state index in [0.29, 0.717) is 54.7 Å². The van der Waals surface area contributed by atoms with Crippen LogP contribution < -0.4 is 0 Å². The summed E-state index contributed by atoms with van der Waals surface area (Å²) in [6, 6.07) is 10.7. The van der Waals surface area contributed by atoms with Crippen molar-refractivity contribution < 1.29 is 23.5 Å². The predicted octanol–water partition coefficient (Wildman–Crippen LogP) is 2.94. The molecule has 0 aliphatic carbocycles. The largest absolute Gasteiger partial charge is 0.459 e. The fourth-order valence-corrected chi connectivity index (χ4v) is 4.14. The van der Waals surface area contributed by atoms with E-state index >= 15 is 0 Å². The number of rotatable bonds is 6. The Hall–Kier alpha value is -3.59. The number of furan rings is 1. The molecular formula is C24H25ClN4O5. The van der Waals surface area contributed by atoms with Gasteiger partial charge in [-0.1, -0.05) is 29.8 Å². The summed E-state index contributed by atoms with van der Waals surface area (Å²) < 4.78 is 12.2. The topological polar surface area (TPSA) is 97.9 Å². The average Bonchev–Trinajstić information content (AvgIpc) is 3.47. The van der Waals surface area contributed by atoms with Crippen LogP contribution in [0, 0.1) is 13.8 Å². The summed E-state index contributed by atoms with van der Waals surface area (Å²) in [7, 11) is 0. The molecule has 0 bridgehead atoms. The maximum Gasteiger partial charge on any atom is 0.342 e. The number of hydrogen-bond donors (Lipinski definition) is 0. The normalized spacial score (nSPS) is 13.7. The summed E-state index contributed by atoms with van der Waals surface area (Å²) in [4.78, 5) is 40.9. The molecule has 0 spiro atoms. The molecule has 10 heteroatoms. The van der Waals surface area contributed by atoms with Crippen molar-refractivity contribution in [3.63, 3.8) is 0 Å². The lowest BCUT2D eigenvalue weighted by Crippen LogP contribution is -2.51. The van der Waals surface area contributed by atoms with Gasteiger partial charge in [0, 0.05) is 31.2 Å². The number of carbonyl (C=O) groups excluding carboxylic acids is 3. The van der Waals surface area contributed by atoms with Crippen LogP contribution in [0.3, 0.4) is 0 Å². The maximum atomic E-state index is 12.7. The molecule has 0 atom stereocenters. The van der Waals surface area contributed by atoms with E-state index in [1.807, 2.05) is 18.2 Å². The van der Waals surface area contributed by atoms with Gasteiger partial charge in [-0.25, -0.2) is 4.79 Å². The molecule has 0 radical (unpaired) electrons. The van der Waals surface area contributed by atoms with E-state index in [2.05, 4.69) is 5.10 Å². The van der Waals surface area contributed by atoms with Gasteiger partial charge in [0.2, 0.25) is 0 Å². The van der Waals surface area contributed by atoms with Gasteiger partial charge in [0.15, 0.2) is 12.4 Å². The Morgan fingerprint density at radius 2 is 1.74 bits per heavy atom. The molecule has 4 rings (SSSR count). The van der Waals surface area contributed by atoms with Crippen LogP contribution >= 0.6 is 11.6 Å². The molecule has 1 aliphatic rings. The number of ether oxygens (including phenoxy) is 1. The fraction of sp³-hybridized carbons (Fsp3) is 0.333. The first kappa shape index (κ1) is 23.6. The van der Waals surface area contributed by atoms with Crippen molar-refractivity contribution in [3.05, 3.63) is 76.0 Å². The lowest BCUT2D eigenvalue weighted by atomic mass is 10.2. The van der Waals surface area contributed by atoms with E-state index in [4.69, 9.17) is 20.8 Å². The molecule has 178 valence electrons. The first-order valence-electron chi connectivity index (χ1n) is 10.9. The number of piperazine rings is 1. The highest BCUT2D eigenvalue weighted by Gasteiger charge is 2.27. The van der Waals surface area contributed by atoms with Crippen LogP contribution in [0.15, 0.2) is 47.1 Å². The third-order valence-corrected chi connectivity index (χ3v) is 6.21. The van der Waals surface area contributed by atoms with E-state index in [1.54, 1.807) is 46.5 Å². The summed E-state index contributed by atoms with van der Waals surface area (Å²) in [5, 5.41) is 5.07. The zero-order chi connectivity index (χ0) is 24.2. The standard InChI is InChI=1S/C24H25ClN4O5/c1-16-22(17(2)29(26-16)14-18-6-3-4-7-19(18)25)24(32)34-15-21(30)27-9-11-28(12-10-27)23(31)20-8-5-13-33-20/h3-8,13H,9-12,14-15H2,1-2H3. The van der Waals surface area contributed by atoms with Gasteiger partial charge in [0.05, 0.1) is 24.2 Å². The van der Waals surface area contributed by atoms with E-state index in [-0.39, 0.29) is 24.2 Å². The monoisotopic (exact) mass is 484 g/mol. The second-order valence-electron chi connectivity index (χ2n) is 8.02. The number of aryl methyl sites for hydroxylation is 1. The number of nitrogens with zero attached hydrogens (tertiary/aromatic N) is 4. The Morgan fingerprint density at radius 1 is 1.03 bits per heavy atom. The van der Waals surface area contributed by atoms with Gasteiger partial charge in [-0.3, -0.25) is 14.3 Å². The Labute approximate surface area is 201 Å². The van der Waals surface area contributed by atoms with Crippen LogP contribution in [0.4, 0.5) is 0 Å². The van der Waals surface area contributed by atoms with Crippen LogP contribution in [-0.4, -0.2) is 70.1 Å². The van der Waals surface area contributed by atoms with Gasteiger partial charge in [0.1, 0.15) is 5.56 Å². The minimum absolute atomic E-state index is 0.205. The Kier molecular flexibility index (Phi) is 7.02. The van der Waals surface area contributed by atoms with Crippen LogP contribution in [0.2, 0.25) is 5.02 Å². The lowest BCUT2D eigenvalue weighted by molar-refractivity contribution is -0.136. The van der Waals surface area contributed by atoms with Gasteiger partial charge in [-0.05, 0) is 37.6 Å². The number of esters is 1. The summed E-state index contributed by atoms with van der Waals surface area (Å²) >= 11 is 6.24. The summed E-state index contributed by atoms with van der Waals surface area (Å²) in [5.74, 6) is -0.838. The number of halogens is 1. The quantitative estimate of drug-likeness (QED) is 0.499. The maximum absolute atomic E-state index is 12.7. The van der Waals surface area contributed by atoms with Crippen molar-refractivity contribution in [2.75, 3.05) is 32.8 Å². The van der Waals surface area contributed by atoms with Crippen molar-refractivity contribution in [1.82, 2.24) is 19.6 Å². The van der Waals surface area contributed by atoms with E-state index < -0.39 is 5.97 Å². The second-order valence-corrected chi connectivity index (χ2v) is 8.43. The van der Waals surface area contributed by atoms with Gasteiger partial charge in [-0.2, -0.15) is 5.10 Å². The lowest BCUT2D eigenvalue weighted by Gasteiger charge is -2.34. The molecule has 0 saturated carbocycles. The molecule has 34 heavy (non-hydrogen) atoms. The number of carbonyl (C=O) groups is 3. The minimum atomic E-state index is -0.597. The number of aromatic nitrogens is 2. The molecule has 1 fully saturated rings. The van der Waals surface area contributed by atoms with Crippen molar-refractivity contribution in [3.8, 4) is 0 Å². The van der Waals surface area contributed by atoms with Gasteiger partial charge in [-0.15, -0.1) is 0 Å². The Balaban J connectivity index is 1.31. The highest BCUT2D eigenvalue weighted by molar-refractivity contribution is 6.31. The van der Waals surface area contributed by atoms with Crippen molar-refractivity contribution in [2.24, 2.45) is 0 Å². The van der Waals surface area contributed by atoms with E-state index in [9.17, 15) is 14.4 Å². The molecule has 9 nitrogen and oxygen atoms in total. The van der Waals surface area contributed by atoms with Gasteiger partial charge < -0.3 is 19.0 Å². The van der Waals surface area contributed by atoms with Gasteiger partial charge in [0.25, 0.3) is 11.8 Å². The predicted molar refractivity (Wildman–Crippen MR) is 124 cm³/mol. The molecule has 2 amide bonds. The highest BCUT2D eigenvalue weighted by atomic mass is 35.5. The first-order valence-corrected chi connectivity index (χ1v) is 11.3. The third kappa shape index (κ3) is 4.99. The molecule has 0 unspecified atom stereocenters. The molecule has 2 aromatic heterocycles. The molecule has 3 aromatic rings. The molecule has 3 heterocycles. The van der Waals surface area contributed by atoms with Crippen molar-refractivity contribution >= 4 is 29.4 Å². The summed E-state index contributed by atoms with van der Waals surface area (Å²) in [6.07, 6.45) is 1.45. The van der Waals surface area contributed by atoms with Gasteiger partial charge >= 0.3 is 5.97 Å². The summed E-state index contributed by atoms with van der Waals surface area (Å²) in [6.45, 7) is 5.03. The zero-order valence-electron chi connectivity index (χ0n) is 19.0. The number of amides is 2. The molecule has 1 aliphatic heterocycles. The molecule has 1 aromatic carbocycles. The Morgan fingerprint density at radius 3 is 2.41 bits per heavy atom. The highest BCUT2D eigenvalue weighted by Crippen LogP contribution is 2.20. The molecular weight excluding hydrogens is 460 g/mol. The fourth-order valence-electron chi connectivity index (χ4n) is 3.94. The van der Waals surface area contributed by atoms with Crippen LogP contribution in [0.1, 0.15) is 37.9 Å². The van der Waals surface area contributed by atoms with Crippen molar-refractivity contribution in [1.29, 1.82) is 0 Å². The smallest absolute Gasteiger partial charge is 0.342 e. The SMILES string of the molecule is Cc1nn(Cc2ccccc2Cl)c(C)c1C(=O)OCC(=O)N1CCN(C(=O)c2ccco2)CC1.